The second-order valence-electron chi connectivity index (χ2n) is 10.6. The number of benzene rings is 2. The molecule has 3 fully saturated rings. The van der Waals surface area contributed by atoms with Crippen LogP contribution in [0.4, 0.5) is 5.69 Å². The predicted molar refractivity (Wildman–Crippen MR) is 147 cm³/mol. The van der Waals surface area contributed by atoms with Gasteiger partial charge in [0.2, 0.25) is 11.5 Å². The van der Waals surface area contributed by atoms with E-state index >= 15 is 0 Å². The van der Waals surface area contributed by atoms with Crippen LogP contribution in [0.3, 0.4) is 0 Å². The molecular formula is C30H34N4O4. The molecule has 1 aromatic heterocycles. The Morgan fingerprint density at radius 2 is 1.61 bits per heavy atom. The predicted octanol–water partition coefficient (Wildman–Crippen LogP) is 3.80. The van der Waals surface area contributed by atoms with Gasteiger partial charge in [-0.3, -0.25) is 14.4 Å². The van der Waals surface area contributed by atoms with Crippen LogP contribution in [0, 0.1) is 0 Å². The van der Waals surface area contributed by atoms with Gasteiger partial charge in [-0.1, -0.05) is 25.0 Å². The molecule has 38 heavy (non-hydrogen) atoms. The van der Waals surface area contributed by atoms with Gasteiger partial charge in [-0.2, -0.15) is 0 Å². The lowest BCUT2D eigenvalue weighted by molar-refractivity contribution is -0.120. The van der Waals surface area contributed by atoms with Crippen LogP contribution in [-0.2, 0) is 4.79 Å². The Balaban J connectivity index is 1.05. The molecule has 0 spiro atoms. The van der Waals surface area contributed by atoms with E-state index in [1.807, 2.05) is 30.3 Å². The Hall–Kier alpha value is -3.65. The van der Waals surface area contributed by atoms with Crippen molar-refractivity contribution in [3.63, 3.8) is 0 Å². The highest BCUT2D eigenvalue weighted by Gasteiger charge is 2.30. The molecule has 2 saturated heterocycles. The fourth-order valence-electron chi connectivity index (χ4n) is 6.17. The molecular weight excluding hydrogens is 480 g/mol. The second-order valence-corrected chi connectivity index (χ2v) is 10.6. The largest absolute Gasteiger partial charge is 0.490 e. The zero-order chi connectivity index (χ0) is 26.1. The Kier molecular flexibility index (Phi) is 6.89. The summed E-state index contributed by atoms with van der Waals surface area (Å²) in [5, 5.41) is 0.780. The molecule has 0 bridgehead atoms. The van der Waals surface area contributed by atoms with Gasteiger partial charge >= 0.3 is 0 Å². The molecule has 0 unspecified atom stereocenters. The van der Waals surface area contributed by atoms with E-state index < -0.39 is 0 Å². The summed E-state index contributed by atoms with van der Waals surface area (Å²) >= 11 is 0. The van der Waals surface area contributed by atoms with E-state index in [1.54, 1.807) is 28.0 Å². The number of fused-ring (bicyclic) bond motifs is 1. The van der Waals surface area contributed by atoms with Crippen molar-refractivity contribution in [1.29, 1.82) is 0 Å². The van der Waals surface area contributed by atoms with Crippen LogP contribution < -0.4 is 15.2 Å². The van der Waals surface area contributed by atoms with Crippen LogP contribution in [0.1, 0.15) is 48.9 Å². The minimum atomic E-state index is -0.263. The summed E-state index contributed by atoms with van der Waals surface area (Å²) < 4.78 is 6.27. The van der Waals surface area contributed by atoms with Gasteiger partial charge in [-0.15, -0.1) is 0 Å². The number of pyridine rings is 1. The Labute approximate surface area is 222 Å². The molecule has 2 aromatic carbocycles. The molecule has 2 aliphatic heterocycles. The number of nitrogens with one attached hydrogen (secondary N) is 1. The number of piperazine rings is 1. The lowest BCUT2D eigenvalue weighted by Crippen LogP contribution is -2.52. The first-order valence-electron chi connectivity index (χ1n) is 13.8. The van der Waals surface area contributed by atoms with Crippen molar-refractivity contribution in [3.8, 4) is 5.75 Å². The van der Waals surface area contributed by atoms with Crippen LogP contribution in [0.2, 0.25) is 0 Å². The minimum absolute atomic E-state index is 0.00982. The number of nitrogens with zero attached hydrogens (tertiary/aromatic N) is 3. The number of rotatable bonds is 5. The first kappa shape index (κ1) is 24.7. The van der Waals surface area contributed by atoms with Crippen molar-refractivity contribution in [3.05, 3.63) is 70.5 Å². The number of piperidine rings is 1. The van der Waals surface area contributed by atoms with E-state index in [4.69, 9.17) is 4.74 Å². The van der Waals surface area contributed by atoms with Crippen molar-refractivity contribution in [2.45, 2.75) is 50.7 Å². The number of aromatic nitrogens is 1. The van der Waals surface area contributed by atoms with E-state index in [2.05, 4.69) is 9.88 Å². The number of anilines is 1. The summed E-state index contributed by atoms with van der Waals surface area (Å²) in [6.45, 7) is 3.03. The summed E-state index contributed by atoms with van der Waals surface area (Å²) in [6.07, 6.45) is 7.77. The Bertz CT molecular complexity index is 1370. The third-order valence-electron chi connectivity index (χ3n) is 8.27. The molecule has 3 aromatic rings. The molecule has 1 aliphatic carbocycles. The highest BCUT2D eigenvalue weighted by molar-refractivity contribution is 6.07. The molecule has 8 heteroatoms. The van der Waals surface area contributed by atoms with Crippen LogP contribution in [-0.4, -0.2) is 71.5 Å². The molecule has 1 N–H and O–H groups in total. The number of amides is 2. The van der Waals surface area contributed by atoms with Gasteiger partial charge < -0.3 is 24.4 Å². The van der Waals surface area contributed by atoms with E-state index in [0.29, 0.717) is 24.2 Å². The van der Waals surface area contributed by atoms with Crippen molar-refractivity contribution >= 4 is 28.4 Å². The quantitative estimate of drug-likeness (QED) is 0.560. The topological polar surface area (TPSA) is 85.9 Å². The van der Waals surface area contributed by atoms with Gasteiger partial charge in [-0.05, 0) is 67.5 Å². The minimum Gasteiger partial charge on any atom is -0.490 e. The molecule has 198 valence electrons. The number of para-hydroxylation sites is 1. The Morgan fingerprint density at radius 3 is 2.34 bits per heavy atom. The molecule has 3 aliphatic rings. The van der Waals surface area contributed by atoms with Gasteiger partial charge in [0, 0.05) is 44.0 Å². The van der Waals surface area contributed by atoms with Crippen molar-refractivity contribution < 1.29 is 14.3 Å². The summed E-state index contributed by atoms with van der Waals surface area (Å²) in [4.78, 5) is 46.8. The number of hydrogen-bond donors (Lipinski definition) is 1. The standard InChI is InChI=1S/C30H34N4O4/c35-27-13-8-21-4-3-7-26(29(21)31-27)30(37)33-18-19-34(28(36)20-33)23-9-11-24(12-10-23)38-25-14-16-32(17-15-25)22-5-1-2-6-22/h3-4,7-13,22,25H,1-2,5-6,14-20H2,(H,31,35). The molecule has 3 heterocycles. The third-order valence-corrected chi connectivity index (χ3v) is 8.27. The van der Waals surface area contributed by atoms with E-state index in [1.165, 1.54) is 31.7 Å². The molecule has 1 saturated carbocycles. The van der Waals surface area contributed by atoms with E-state index in [0.717, 1.165) is 48.8 Å². The molecule has 8 nitrogen and oxygen atoms in total. The normalized spacial score (nSPS) is 19.8. The van der Waals surface area contributed by atoms with Crippen LogP contribution in [0.25, 0.3) is 10.9 Å². The highest BCUT2D eigenvalue weighted by Crippen LogP contribution is 2.29. The fraction of sp³-hybridized carbons (Fsp3) is 0.433. The maximum Gasteiger partial charge on any atom is 0.256 e. The summed E-state index contributed by atoms with van der Waals surface area (Å²) in [6, 6.07) is 17.0. The zero-order valence-electron chi connectivity index (χ0n) is 21.6. The van der Waals surface area contributed by atoms with E-state index in [-0.39, 0.29) is 30.0 Å². The number of hydrogen-bond acceptors (Lipinski definition) is 5. The van der Waals surface area contributed by atoms with Crippen molar-refractivity contribution in [1.82, 2.24) is 14.8 Å². The average molecular weight is 515 g/mol. The third kappa shape index (κ3) is 5.05. The zero-order valence-corrected chi connectivity index (χ0v) is 21.6. The maximum absolute atomic E-state index is 13.3. The monoisotopic (exact) mass is 514 g/mol. The fourth-order valence-corrected chi connectivity index (χ4v) is 6.17. The molecule has 0 radical (unpaired) electrons. The number of likely N-dealkylation sites (tertiary alicyclic amines) is 1. The highest BCUT2D eigenvalue weighted by atomic mass is 16.5. The SMILES string of the molecule is O=C(c1cccc2ccc(=O)[nH]c12)N1CCN(c2ccc(OC3CCN(C4CCCC4)CC3)cc2)C(=O)C1. The van der Waals surface area contributed by atoms with E-state index in [9.17, 15) is 14.4 Å². The van der Waals surface area contributed by atoms with Gasteiger partial charge in [-0.25, -0.2) is 0 Å². The van der Waals surface area contributed by atoms with Crippen molar-refractivity contribution in [2.75, 3.05) is 37.6 Å². The van der Waals surface area contributed by atoms with Crippen LogP contribution in [0.5, 0.6) is 5.75 Å². The van der Waals surface area contributed by atoms with Crippen LogP contribution >= 0.6 is 0 Å². The van der Waals surface area contributed by atoms with Gasteiger partial charge in [0.05, 0.1) is 11.1 Å². The first-order chi connectivity index (χ1) is 18.5. The first-order valence-corrected chi connectivity index (χ1v) is 13.8. The molecule has 2 amide bonds. The summed E-state index contributed by atoms with van der Waals surface area (Å²) in [5.74, 6) is 0.443. The number of H-pyrrole nitrogens is 1. The summed E-state index contributed by atoms with van der Waals surface area (Å²) in [7, 11) is 0. The Morgan fingerprint density at radius 1 is 0.842 bits per heavy atom. The maximum atomic E-state index is 13.3. The molecule has 6 rings (SSSR count). The second kappa shape index (κ2) is 10.6. The smallest absolute Gasteiger partial charge is 0.256 e. The summed E-state index contributed by atoms with van der Waals surface area (Å²) in [5.41, 5.74) is 1.44. The number of ether oxygens (including phenoxy) is 1. The number of carbonyl (C=O) groups excluding carboxylic acids is 2. The number of aromatic amines is 1. The van der Waals surface area contributed by atoms with Gasteiger partial charge in [0.25, 0.3) is 5.91 Å². The van der Waals surface area contributed by atoms with Gasteiger partial charge in [0.15, 0.2) is 0 Å². The van der Waals surface area contributed by atoms with Crippen LogP contribution in [0.15, 0.2) is 59.4 Å². The molecule has 0 atom stereocenters. The average Bonchev–Trinajstić information content (AvgIpc) is 3.48. The lowest BCUT2D eigenvalue weighted by Gasteiger charge is -2.36. The van der Waals surface area contributed by atoms with Crippen molar-refractivity contribution in [2.24, 2.45) is 0 Å². The van der Waals surface area contributed by atoms with Gasteiger partial charge in [0.1, 0.15) is 18.4 Å². The number of carbonyl (C=O) groups is 2. The lowest BCUT2D eigenvalue weighted by atomic mass is 10.0.